The van der Waals surface area contributed by atoms with Crippen molar-refractivity contribution in [3.63, 3.8) is 0 Å². The molecule has 0 aliphatic heterocycles. The molecule has 0 atom stereocenters. The summed E-state index contributed by atoms with van der Waals surface area (Å²) in [7, 11) is 0. The molecule has 0 saturated carbocycles. The zero-order valence-electron chi connectivity index (χ0n) is 6.60. The lowest BCUT2D eigenvalue weighted by molar-refractivity contribution is -0.145. The number of nitrogens with two attached hydrogens (primary N) is 1. The number of tetrazole rings is 1. The van der Waals surface area contributed by atoms with Crippen molar-refractivity contribution < 1.29 is 9.63 Å². The maximum Gasteiger partial charge on any atom is 0.335 e. The van der Waals surface area contributed by atoms with E-state index in [2.05, 4.69) is 20.4 Å². The Labute approximate surface area is 68.4 Å². The van der Waals surface area contributed by atoms with E-state index in [-0.39, 0.29) is 5.95 Å². The van der Waals surface area contributed by atoms with Crippen LogP contribution in [0, 0.1) is 0 Å². The van der Waals surface area contributed by atoms with Crippen LogP contribution in [0.1, 0.15) is 19.8 Å². The maximum atomic E-state index is 10.9. The van der Waals surface area contributed by atoms with E-state index >= 15 is 0 Å². The zero-order valence-corrected chi connectivity index (χ0v) is 6.60. The van der Waals surface area contributed by atoms with Gasteiger partial charge in [0.1, 0.15) is 0 Å². The van der Waals surface area contributed by atoms with Crippen LogP contribution in [0.5, 0.6) is 0 Å². The monoisotopic (exact) mass is 171 g/mol. The first-order valence-corrected chi connectivity index (χ1v) is 3.49. The van der Waals surface area contributed by atoms with Crippen molar-refractivity contribution in [2.45, 2.75) is 19.8 Å². The van der Waals surface area contributed by atoms with Gasteiger partial charge >= 0.3 is 5.97 Å². The summed E-state index contributed by atoms with van der Waals surface area (Å²) in [4.78, 5) is 16.3. The van der Waals surface area contributed by atoms with Crippen molar-refractivity contribution in [2.75, 3.05) is 5.73 Å². The van der Waals surface area contributed by atoms with Gasteiger partial charge in [0.05, 0.1) is 0 Å². The fraction of sp³-hybridized carbons (Fsp3) is 0.600. The lowest BCUT2D eigenvalue weighted by Gasteiger charge is -1.99. The molecule has 2 N–H and O–H groups in total. The highest BCUT2D eigenvalue weighted by Crippen LogP contribution is 1.91. The van der Waals surface area contributed by atoms with Gasteiger partial charge in [-0.2, -0.15) is 0 Å². The highest BCUT2D eigenvalue weighted by molar-refractivity contribution is 5.69. The molecule has 66 valence electrons. The number of anilines is 1. The second kappa shape index (κ2) is 3.65. The first-order valence-electron chi connectivity index (χ1n) is 3.49. The van der Waals surface area contributed by atoms with E-state index in [1.165, 1.54) is 0 Å². The molecule has 0 spiro atoms. The van der Waals surface area contributed by atoms with Crippen LogP contribution in [0.2, 0.25) is 0 Å². The van der Waals surface area contributed by atoms with Crippen LogP contribution in [0.25, 0.3) is 0 Å². The third kappa shape index (κ3) is 1.91. The largest absolute Gasteiger partial charge is 0.364 e. The third-order valence-corrected chi connectivity index (χ3v) is 1.11. The molecule has 1 rings (SSSR count). The topological polar surface area (TPSA) is 95.9 Å². The second-order valence-corrected chi connectivity index (χ2v) is 2.12. The van der Waals surface area contributed by atoms with E-state index in [1.54, 1.807) is 0 Å². The molecule has 7 heteroatoms. The average Bonchev–Trinajstić information content (AvgIpc) is 2.37. The predicted molar refractivity (Wildman–Crippen MR) is 38.7 cm³/mol. The maximum absolute atomic E-state index is 10.9. The Morgan fingerprint density at radius 2 is 2.50 bits per heavy atom. The van der Waals surface area contributed by atoms with Crippen LogP contribution >= 0.6 is 0 Å². The second-order valence-electron chi connectivity index (χ2n) is 2.12. The summed E-state index contributed by atoms with van der Waals surface area (Å²) in [6, 6.07) is 0. The van der Waals surface area contributed by atoms with E-state index in [4.69, 9.17) is 5.73 Å². The Bertz CT molecular complexity index is 271. The van der Waals surface area contributed by atoms with Gasteiger partial charge in [-0.25, -0.2) is 4.79 Å². The van der Waals surface area contributed by atoms with Crippen molar-refractivity contribution in [3.8, 4) is 0 Å². The third-order valence-electron chi connectivity index (χ3n) is 1.11. The van der Waals surface area contributed by atoms with Gasteiger partial charge in [0.25, 0.3) is 5.95 Å². The molecule has 1 aromatic rings. The molecule has 0 amide bonds. The van der Waals surface area contributed by atoms with E-state index in [9.17, 15) is 4.79 Å². The molecule has 0 bridgehead atoms. The van der Waals surface area contributed by atoms with Crippen molar-refractivity contribution >= 4 is 11.9 Å². The molecular weight excluding hydrogens is 162 g/mol. The number of carbonyl (C=O) groups excluding carboxylic acids is 1. The molecule has 1 heterocycles. The molecule has 1 aromatic heterocycles. The van der Waals surface area contributed by atoms with Crippen molar-refractivity contribution in [3.05, 3.63) is 0 Å². The minimum atomic E-state index is -0.406. The van der Waals surface area contributed by atoms with E-state index < -0.39 is 5.97 Å². The molecule has 12 heavy (non-hydrogen) atoms. The molecule has 0 unspecified atom stereocenters. The number of hydrogen-bond acceptors (Lipinski definition) is 6. The number of aromatic nitrogens is 4. The van der Waals surface area contributed by atoms with Crippen molar-refractivity contribution in [1.29, 1.82) is 0 Å². The highest BCUT2D eigenvalue weighted by atomic mass is 16.7. The van der Waals surface area contributed by atoms with E-state index in [1.807, 2.05) is 6.92 Å². The molecule has 0 radical (unpaired) electrons. The Kier molecular flexibility index (Phi) is 2.57. The van der Waals surface area contributed by atoms with Gasteiger partial charge in [-0.05, 0) is 21.7 Å². The van der Waals surface area contributed by atoms with Crippen LogP contribution < -0.4 is 10.6 Å². The lowest BCUT2D eigenvalue weighted by Crippen LogP contribution is -2.22. The van der Waals surface area contributed by atoms with Crippen LogP contribution in [0.15, 0.2) is 0 Å². The minimum Gasteiger partial charge on any atom is -0.364 e. The smallest absolute Gasteiger partial charge is 0.335 e. The normalized spacial score (nSPS) is 9.75. The first kappa shape index (κ1) is 8.44. The number of nitrogen functional groups attached to an aromatic ring is 1. The fourth-order valence-electron chi connectivity index (χ4n) is 0.597. The number of carbonyl (C=O) groups is 1. The first-order chi connectivity index (χ1) is 5.74. The van der Waals surface area contributed by atoms with Gasteiger partial charge in [0.15, 0.2) is 0 Å². The van der Waals surface area contributed by atoms with E-state index in [0.29, 0.717) is 12.8 Å². The minimum absolute atomic E-state index is 0.0422. The van der Waals surface area contributed by atoms with Gasteiger partial charge in [-0.15, -0.1) is 0 Å². The molecule has 0 aromatic carbocycles. The van der Waals surface area contributed by atoms with Crippen LogP contribution in [-0.4, -0.2) is 26.3 Å². The predicted octanol–water partition coefficient (Wildman–Crippen LogP) is -0.989. The molecule has 0 fully saturated rings. The Morgan fingerprint density at radius 3 is 3.00 bits per heavy atom. The summed E-state index contributed by atoms with van der Waals surface area (Å²) in [5.74, 6) is -0.448. The molecule has 0 saturated heterocycles. The summed E-state index contributed by atoms with van der Waals surface area (Å²) in [5.41, 5.74) is 5.23. The van der Waals surface area contributed by atoms with Crippen LogP contribution in [0.4, 0.5) is 5.95 Å². The summed E-state index contributed by atoms with van der Waals surface area (Å²) in [5, 5.41) is 9.85. The molecule has 0 aliphatic carbocycles. The van der Waals surface area contributed by atoms with Crippen LogP contribution in [-0.2, 0) is 4.79 Å². The summed E-state index contributed by atoms with van der Waals surface area (Å²) in [6.07, 6.45) is 1.03. The Balaban J connectivity index is 2.52. The van der Waals surface area contributed by atoms with Gasteiger partial charge < -0.3 is 10.6 Å². The number of nitrogens with zero attached hydrogens (tertiary/aromatic N) is 4. The number of hydrogen-bond donors (Lipinski definition) is 1. The van der Waals surface area contributed by atoms with Gasteiger partial charge in [0, 0.05) is 6.42 Å². The fourth-order valence-corrected chi connectivity index (χ4v) is 0.597. The summed E-state index contributed by atoms with van der Waals surface area (Å²) < 4.78 is 0. The summed E-state index contributed by atoms with van der Waals surface area (Å²) >= 11 is 0. The quantitative estimate of drug-likeness (QED) is 0.586. The van der Waals surface area contributed by atoms with Crippen molar-refractivity contribution in [2.24, 2.45) is 0 Å². The Morgan fingerprint density at radius 1 is 1.75 bits per heavy atom. The Hall–Kier alpha value is -1.66. The SMILES string of the molecule is CCCC(=O)On1nnnc1N. The van der Waals surface area contributed by atoms with Crippen LogP contribution in [0.3, 0.4) is 0 Å². The highest BCUT2D eigenvalue weighted by Gasteiger charge is 2.07. The average molecular weight is 171 g/mol. The van der Waals surface area contributed by atoms with Crippen molar-refractivity contribution in [1.82, 2.24) is 20.4 Å². The zero-order chi connectivity index (χ0) is 8.97. The van der Waals surface area contributed by atoms with Gasteiger partial charge in [0.2, 0.25) is 0 Å². The summed E-state index contributed by atoms with van der Waals surface area (Å²) in [6.45, 7) is 1.87. The number of rotatable bonds is 3. The standard InChI is InChI=1S/C5H9N5O2/c1-2-3-4(11)12-10-5(6)7-8-9-10/h2-3H2,1H3,(H2,6,7,9). The van der Waals surface area contributed by atoms with Gasteiger partial charge in [-0.3, -0.25) is 0 Å². The van der Waals surface area contributed by atoms with E-state index in [0.717, 1.165) is 4.85 Å². The molecule has 0 aliphatic rings. The molecule has 7 nitrogen and oxygen atoms in total. The van der Waals surface area contributed by atoms with Gasteiger partial charge in [-0.1, -0.05) is 12.0 Å². The molecular formula is C5H9N5O2. The lowest BCUT2D eigenvalue weighted by atomic mass is 10.3.